The second-order valence-corrected chi connectivity index (χ2v) is 9.01. The molecule has 5 rings (SSSR count). The van der Waals surface area contributed by atoms with Crippen molar-refractivity contribution in [2.24, 2.45) is 11.8 Å². The molecule has 1 saturated heterocycles. The highest BCUT2D eigenvalue weighted by atomic mass is 16.1. The molecule has 3 aromatic heterocycles. The molecule has 1 aliphatic heterocycles. The molecule has 7 heteroatoms. The van der Waals surface area contributed by atoms with E-state index >= 15 is 0 Å². The van der Waals surface area contributed by atoms with Crippen LogP contribution in [0.2, 0.25) is 0 Å². The fourth-order valence-electron chi connectivity index (χ4n) is 5.13. The van der Waals surface area contributed by atoms with E-state index in [4.69, 9.17) is 0 Å². The average Bonchev–Trinajstić information content (AvgIpc) is 3.32. The molecule has 3 aromatic rings. The van der Waals surface area contributed by atoms with Gasteiger partial charge in [-0.25, -0.2) is 0 Å². The summed E-state index contributed by atoms with van der Waals surface area (Å²) in [6, 6.07) is 8.70. The Morgan fingerprint density at radius 3 is 2.69 bits per heavy atom. The third-order valence-corrected chi connectivity index (χ3v) is 7.05. The van der Waals surface area contributed by atoms with Gasteiger partial charge in [0.1, 0.15) is 0 Å². The minimum atomic E-state index is -0.00922. The third kappa shape index (κ3) is 3.66. The van der Waals surface area contributed by atoms with Crippen molar-refractivity contribution in [1.29, 1.82) is 0 Å². The van der Waals surface area contributed by atoms with Crippen LogP contribution in [0.25, 0.3) is 16.7 Å². The molecule has 4 heterocycles. The molecule has 0 bridgehead atoms. The van der Waals surface area contributed by atoms with Crippen molar-refractivity contribution in [2.45, 2.75) is 25.9 Å². The van der Waals surface area contributed by atoms with Crippen LogP contribution >= 0.6 is 0 Å². The maximum Gasteiger partial charge on any atom is 0.251 e. The number of pyridine rings is 3. The van der Waals surface area contributed by atoms with Crippen molar-refractivity contribution in [3.05, 3.63) is 70.4 Å². The van der Waals surface area contributed by atoms with Crippen LogP contribution in [0.5, 0.6) is 0 Å². The lowest BCUT2D eigenvalue weighted by molar-refractivity contribution is 0.289. The number of aromatic nitrogens is 3. The van der Waals surface area contributed by atoms with E-state index in [-0.39, 0.29) is 5.56 Å². The summed E-state index contributed by atoms with van der Waals surface area (Å²) in [6.45, 7) is 9.00. The number of nitrogens with zero attached hydrogens (tertiary/aromatic N) is 4. The van der Waals surface area contributed by atoms with Gasteiger partial charge in [0.15, 0.2) is 0 Å². The third-order valence-electron chi connectivity index (χ3n) is 7.05. The first-order chi connectivity index (χ1) is 15.5. The Labute approximate surface area is 188 Å². The fraction of sp³-hybridized carbons (Fsp3) is 0.400. The second-order valence-electron chi connectivity index (χ2n) is 9.01. The lowest BCUT2D eigenvalue weighted by Crippen LogP contribution is -2.32. The molecule has 166 valence electrons. The van der Waals surface area contributed by atoms with E-state index in [9.17, 15) is 4.79 Å². The van der Waals surface area contributed by atoms with Crippen molar-refractivity contribution in [3.8, 4) is 0 Å². The molecule has 2 aliphatic rings. The standard InChI is InChI=1S/C25H30N6O/c1-5-17-9-22-23(29-25(17)32)8-16(10-27-22)12-31-13-19-20(14-31)24(19)30(4)18-6-7-21(28-11-18)15(2)26-3/h6-11,19-20,24,26H,2,5,12-14H2,1,3-4H3,(H,29,32). The average molecular weight is 431 g/mol. The van der Waals surface area contributed by atoms with Gasteiger partial charge in [-0.15, -0.1) is 0 Å². The van der Waals surface area contributed by atoms with Crippen LogP contribution < -0.4 is 15.8 Å². The highest BCUT2D eigenvalue weighted by Crippen LogP contribution is 2.49. The first kappa shape index (κ1) is 20.7. The number of piperidine rings is 1. The van der Waals surface area contributed by atoms with E-state index in [2.05, 4.69) is 55.8 Å². The molecule has 2 N–H and O–H groups in total. The van der Waals surface area contributed by atoms with Crippen molar-refractivity contribution in [1.82, 2.24) is 25.2 Å². The van der Waals surface area contributed by atoms with E-state index in [0.29, 0.717) is 24.3 Å². The minimum Gasteiger partial charge on any atom is -0.387 e. The summed E-state index contributed by atoms with van der Waals surface area (Å²) < 4.78 is 0. The van der Waals surface area contributed by atoms with Crippen molar-refractivity contribution < 1.29 is 0 Å². The molecule has 1 aliphatic carbocycles. The smallest absolute Gasteiger partial charge is 0.251 e. The van der Waals surface area contributed by atoms with Crippen LogP contribution in [-0.4, -0.2) is 53.1 Å². The SMILES string of the molecule is C=C(NC)c1ccc(N(C)C2C3CN(Cc4cnc5cc(CC)c(=O)[nH]c5c4)CC32)cn1. The maximum absolute atomic E-state index is 12.1. The maximum atomic E-state index is 12.1. The molecule has 32 heavy (non-hydrogen) atoms. The first-order valence-corrected chi connectivity index (χ1v) is 11.3. The number of H-pyrrole nitrogens is 1. The molecule has 2 atom stereocenters. The Kier molecular flexibility index (Phi) is 5.21. The van der Waals surface area contributed by atoms with Crippen molar-refractivity contribution in [2.75, 3.05) is 32.1 Å². The van der Waals surface area contributed by atoms with Crippen molar-refractivity contribution in [3.63, 3.8) is 0 Å². The second kappa shape index (κ2) is 8.06. The Hall–Kier alpha value is -3.19. The normalized spacial score (nSPS) is 22.0. The van der Waals surface area contributed by atoms with Gasteiger partial charge in [-0.2, -0.15) is 0 Å². The fourth-order valence-corrected chi connectivity index (χ4v) is 5.13. The summed E-state index contributed by atoms with van der Waals surface area (Å²) in [7, 11) is 4.03. The summed E-state index contributed by atoms with van der Waals surface area (Å²) in [4.78, 5) is 29.1. The summed E-state index contributed by atoms with van der Waals surface area (Å²) in [6.07, 6.45) is 4.60. The molecule has 0 radical (unpaired) electrons. The molecule has 2 fully saturated rings. The minimum absolute atomic E-state index is 0.00922. The number of hydrogen-bond acceptors (Lipinski definition) is 6. The lowest BCUT2D eigenvalue weighted by Gasteiger charge is -2.25. The number of fused-ring (bicyclic) bond motifs is 2. The number of aromatic amines is 1. The van der Waals surface area contributed by atoms with Gasteiger partial charge < -0.3 is 15.2 Å². The Bertz CT molecular complexity index is 1210. The zero-order valence-corrected chi connectivity index (χ0v) is 18.9. The number of likely N-dealkylation sites (tertiary alicyclic amines) is 1. The highest BCUT2D eigenvalue weighted by molar-refractivity contribution is 5.74. The van der Waals surface area contributed by atoms with Gasteiger partial charge in [0.05, 0.1) is 34.3 Å². The van der Waals surface area contributed by atoms with Crippen LogP contribution in [0, 0.1) is 11.8 Å². The molecule has 0 spiro atoms. The van der Waals surface area contributed by atoms with E-state index < -0.39 is 0 Å². The van der Waals surface area contributed by atoms with Crippen LogP contribution in [0.15, 0.2) is 48.0 Å². The van der Waals surface area contributed by atoms with Gasteiger partial charge in [-0.05, 0) is 48.1 Å². The van der Waals surface area contributed by atoms with Gasteiger partial charge in [0.25, 0.3) is 5.56 Å². The first-order valence-electron chi connectivity index (χ1n) is 11.3. The van der Waals surface area contributed by atoms with Crippen LogP contribution in [-0.2, 0) is 13.0 Å². The van der Waals surface area contributed by atoms with Crippen molar-refractivity contribution >= 4 is 22.4 Å². The number of anilines is 1. The van der Waals surface area contributed by atoms with Crippen LogP contribution in [0.1, 0.15) is 23.7 Å². The van der Waals surface area contributed by atoms with E-state index in [1.165, 1.54) is 0 Å². The number of rotatable bonds is 7. The zero-order chi connectivity index (χ0) is 22.4. The zero-order valence-electron chi connectivity index (χ0n) is 18.9. The van der Waals surface area contributed by atoms with Gasteiger partial charge in [-0.3, -0.25) is 19.7 Å². The topological polar surface area (TPSA) is 77.1 Å². The molecule has 1 saturated carbocycles. The van der Waals surface area contributed by atoms with Gasteiger partial charge in [-0.1, -0.05) is 13.5 Å². The molecule has 0 aromatic carbocycles. The van der Waals surface area contributed by atoms with Crippen LogP contribution in [0.3, 0.4) is 0 Å². The summed E-state index contributed by atoms with van der Waals surface area (Å²) in [5.74, 6) is 1.37. The predicted octanol–water partition coefficient (Wildman–Crippen LogP) is 2.64. The quantitative estimate of drug-likeness (QED) is 0.600. The number of aryl methyl sites for hydroxylation is 1. The molecular formula is C25H30N6O. The van der Waals surface area contributed by atoms with E-state index in [0.717, 1.165) is 58.9 Å². The largest absolute Gasteiger partial charge is 0.387 e. The molecular weight excluding hydrogens is 400 g/mol. The van der Waals surface area contributed by atoms with Crippen LogP contribution in [0.4, 0.5) is 5.69 Å². The summed E-state index contributed by atoms with van der Waals surface area (Å²) in [5.41, 5.74) is 6.46. The highest BCUT2D eigenvalue weighted by Gasteiger charge is 2.57. The summed E-state index contributed by atoms with van der Waals surface area (Å²) in [5, 5.41) is 3.04. The van der Waals surface area contributed by atoms with Gasteiger partial charge >= 0.3 is 0 Å². The summed E-state index contributed by atoms with van der Waals surface area (Å²) >= 11 is 0. The Morgan fingerprint density at radius 2 is 2.03 bits per heavy atom. The molecule has 7 nitrogen and oxygen atoms in total. The number of nitrogens with one attached hydrogen (secondary N) is 2. The Morgan fingerprint density at radius 1 is 1.25 bits per heavy atom. The molecule has 2 unspecified atom stereocenters. The Balaban J connectivity index is 1.21. The predicted molar refractivity (Wildman–Crippen MR) is 129 cm³/mol. The number of hydrogen-bond donors (Lipinski definition) is 2. The van der Waals surface area contributed by atoms with E-state index in [1.54, 1.807) is 0 Å². The van der Waals surface area contributed by atoms with E-state index in [1.807, 2.05) is 38.5 Å². The van der Waals surface area contributed by atoms with Gasteiger partial charge in [0.2, 0.25) is 0 Å². The monoisotopic (exact) mass is 430 g/mol. The van der Waals surface area contributed by atoms with Gasteiger partial charge in [0, 0.05) is 51.5 Å². The molecule has 0 amide bonds. The lowest BCUT2D eigenvalue weighted by atomic mass is 10.1.